The van der Waals surface area contributed by atoms with Crippen molar-refractivity contribution >= 4 is 11.9 Å². The topological polar surface area (TPSA) is 84.4 Å². The molecule has 2 N–H and O–H groups in total. The second-order valence-corrected chi connectivity index (χ2v) is 5.49. The standard InChI is InChI=1S/C17H21N3O4/c1-3-24-17(23)15(10-13-4-6-14(21)7-5-13)18-16(22)11-20-9-8-19(2)12-20/h4-9,12,15H,3,10-11H2,1-2H3,(H-,18,21,22)/p+1/t15-/m0/s1. The van der Waals surface area contributed by atoms with Crippen molar-refractivity contribution in [3.05, 3.63) is 48.5 Å². The van der Waals surface area contributed by atoms with Crippen LogP contribution in [0.5, 0.6) is 5.75 Å². The Morgan fingerprint density at radius 3 is 2.62 bits per heavy atom. The Hall–Kier alpha value is -2.83. The number of rotatable bonds is 7. The number of hydrogen-bond donors (Lipinski definition) is 2. The number of carbonyl (C=O) groups is 2. The molecule has 0 fully saturated rings. The van der Waals surface area contributed by atoms with E-state index in [0.717, 1.165) is 5.56 Å². The van der Waals surface area contributed by atoms with Crippen molar-refractivity contribution in [2.45, 2.75) is 25.9 Å². The van der Waals surface area contributed by atoms with Gasteiger partial charge in [-0.15, -0.1) is 0 Å². The van der Waals surface area contributed by atoms with Crippen LogP contribution in [0.3, 0.4) is 0 Å². The van der Waals surface area contributed by atoms with Gasteiger partial charge in [0.2, 0.25) is 6.33 Å². The predicted molar refractivity (Wildman–Crippen MR) is 86.0 cm³/mol. The second kappa shape index (κ2) is 8.14. The van der Waals surface area contributed by atoms with Gasteiger partial charge >= 0.3 is 5.97 Å². The average molecular weight is 332 g/mol. The number of amides is 1. The molecule has 0 saturated heterocycles. The summed E-state index contributed by atoms with van der Waals surface area (Å²) in [4.78, 5) is 24.3. The van der Waals surface area contributed by atoms with E-state index in [0.29, 0.717) is 6.42 Å². The van der Waals surface area contributed by atoms with Crippen LogP contribution in [0.15, 0.2) is 43.0 Å². The Labute approximate surface area is 140 Å². The molecular weight excluding hydrogens is 310 g/mol. The summed E-state index contributed by atoms with van der Waals surface area (Å²) in [5.41, 5.74) is 0.818. The molecule has 7 nitrogen and oxygen atoms in total. The minimum atomic E-state index is -0.772. The highest BCUT2D eigenvalue weighted by Crippen LogP contribution is 2.12. The normalized spacial score (nSPS) is 11.8. The van der Waals surface area contributed by atoms with Crippen molar-refractivity contribution in [3.63, 3.8) is 0 Å². The molecule has 0 aliphatic carbocycles. The molecule has 1 heterocycles. The summed E-state index contributed by atoms with van der Waals surface area (Å²) in [7, 11) is 1.86. The number of phenolic OH excluding ortho intramolecular Hbond substituents is 1. The van der Waals surface area contributed by atoms with Crippen LogP contribution >= 0.6 is 0 Å². The quantitative estimate of drug-likeness (QED) is 0.564. The Bertz CT molecular complexity index is 694. The predicted octanol–water partition coefficient (Wildman–Crippen LogP) is 0.309. The highest BCUT2D eigenvalue weighted by atomic mass is 16.5. The van der Waals surface area contributed by atoms with Gasteiger partial charge in [-0.25, -0.2) is 13.9 Å². The number of benzene rings is 1. The van der Waals surface area contributed by atoms with Gasteiger partial charge in [-0.2, -0.15) is 0 Å². The molecule has 2 rings (SSSR count). The fraction of sp³-hybridized carbons (Fsp3) is 0.353. The molecule has 1 aromatic heterocycles. The van der Waals surface area contributed by atoms with E-state index in [9.17, 15) is 14.7 Å². The first-order valence-electron chi connectivity index (χ1n) is 7.73. The summed E-state index contributed by atoms with van der Waals surface area (Å²) in [6.45, 7) is 2.08. The first kappa shape index (κ1) is 17.5. The van der Waals surface area contributed by atoms with Gasteiger partial charge in [-0.05, 0) is 24.6 Å². The zero-order chi connectivity index (χ0) is 17.5. The first-order valence-corrected chi connectivity index (χ1v) is 7.73. The number of aromatic nitrogens is 2. The van der Waals surface area contributed by atoms with Crippen LogP contribution < -0.4 is 9.88 Å². The number of imidazole rings is 1. The lowest BCUT2D eigenvalue weighted by atomic mass is 10.1. The Morgan fingerprint density at radius 1 is 1.33 bits per heavy atom. The summed E-state index contributed by atoms with van der Waals surface area (Å²) >= 11 is 0. The van der Waals surface area contributed by atoms with Crippen molar-refractivity contribution < 1.29 is 24.0 Å². The molecule has 0 unspecified atom stereocenters. The maximum absolute atomic E-state index is 12.2. The van der Waals surface area contributed by atoms with E-state index < -0.39 is 12.0 Å². The molecule has 1 amide bonds. The number of esters is 1. The average Bonchev–Trinajstić information content (AvgIpc) is 2.94. The number of aromatic hydroxyl groups is 1. The van der Waals surface area contributed by atoms with E-state index in [1.807, 2.05) is 17.8 Å². The van der Waals surface area contributed by atoms with Gasteiger partial charge < -0.3 is 15.2 Å². The highest BCUT2D eigenvalue weighted by molar-refractivity contribution is 5.84. The third kappa shape index (κ3) is 5.12. The molecular formula is C17H22N3O4+. The fourth-order valence-corrected chi connectivity index (χ4v) is 2.30. The van der Waals surface area contributed by atoms with E-state index >= 15 is 0 Å². The number of aryl methyl sites for hydroxylation is 1. The third-order valence-electron chi connectivity index (χ3n) is 3.43. The van der Waals surface area contributed by atoms with E-state index in [1.165, 1.54) is 0 Å². The maximum Gasteiger partial charge on any atom is 0.328 e. The molecule has 0 saturated carbocycles. The van der Waals surface area contributed by atoms with Gasteiger partial charge in [0.1, 0.15) is 24.2 Å². The monoisotopic (exact) mass is 332 g/mol. The molecule has 0 bridgehead atoms. The molecule has 24 heavy (non-hydrogen) atoms. The van der Waals surface area contributed by atoms with Crippen LogP contribution in [0.4, 0.5) is 0 Å². The molecule has 0 aliphatic rings. The fourth-order valence-electron chi connectivity index (χ4n) is 2.30. The van der Waals surface area contributed by atoms with Gasteiger partial charge in [0.25, 0.3) is 5.91 Å². The highest BCUT2D eigenvalue weighted by Gasteiger charge is 2.23. The van der Waals surface area contributed by atoms with E-state index in [4.69, 9.17) is 4.74 Å². The van der Waals surface area contributed by atoms with Gasteiger partial charge in [0.05, 0.1) is 13.7 Å². The van der Waals surface area contributed by atoms with E-state index in [-0.39, 0.29) is 24.8 Å². The molecule has 0 spiro atoms. The van der Waals surface area contributed by atoms with Gasteiger partial charge in [0, 0.05) is 6.42 Å². The van der Waals surface area contributed by atoms with E-state index in [2.05, 4.69) is 5.32 Å². The van der Waals surface area contributed by atoms with Crippen LogP contribution in [-0.2, 0) is 34.3 Å². The largest absolute Gasteiger partial charge is 0.508 e. The number of nitrogens with one attached hydrogen (secondary N) is 1. The summed E-state index contributed by atoms with van der Waals surface area (Å²) in [5.74, 6) is -0.601. The van der Waals surface area contributed by atoms with Crippen LogP contribution in [0, 0.1) is 0 Å². The van der Waals surface area contributed by atoms with Crippen molar-refractivity contribution in [1.29, 1.82) is 0 Å². The van der Waals surface area contributed by atoms with Gasteiger partial charge in [-0.3, -0.25) is 4.79 Å². The Morgan fingerprint density at radius 2 is 2.04 bits per heavy atom. The molecule has 7 heteroatoms. The summed E-state index contributed by atoms with van der Waals surface area (Å²) in [6.07, 6.45) is 5.68. The SMILES string of the molecule is CCOC(=O)[C@H](Cc1ccc(O)cc1)NC(=O)Cn1cc[n+](C)c1. The lowest BCUT2D eigenvalue weighted by Crippen LogP contribution is -2.44. The summed E-state index contributed by atoms with van der Waals surface area (Å²) < 4.78 is 8.59. The van der Waals surface area contributed by atoms with Gasteiger partial charge in [0.15, 0.2) is 6.54 Å². The zero-order valence-electron chi connectivity index (χ0n) is 13.8. The lowest BCUT2D eigenvalue weighted by molar-refractivity contribution is -0.671. The third-order valence-corrected chi connectivity index (χ3v) is 3.43. The Kier molecular flexibility index (Phi) is 5.95. The number of phenols is 1. The van der Waals surface area contributed by atoms with E-state index in [1.54, 1.807) is 48.3 Å². The van der Waals surface area contributed by atoms with Crippen molar-refractivity contribution in [2.24, 2.45) is 7.05 Å². The summed E-state index contributed by atoms with van der Waals surface area (Å²) in [5, 5.41) is 12.0. The number of carbonyl (C=O) groups excluding carboxylic acids is 2. The number of ether oxygens (including phenoxy) is 1. The number of hydrogen-bond acceptors (Lipinski definition) is 4. The maximum atomic E-state index is 12.2. The zero-order valence-corrected chi connectivity index (χ0v) is 13.8. The summed E-state index contributed by atoms with van der Waals surface area (Å²) in [6, 6.07) is 5.73. The molecule has 0 aliphatic heterocycles. The van der Waals surface area contributed by atoms with Crippen LogP contribution in [0.1, 0.15) is 12.5 Å². The van der Waals surface area contributed by atoms with Crippen LogP contribution in [-0.4, -0.2) is 34.2 Å². The van der Waals surface area contributed by atoms with Crippen LogP contribution in [0.25, 0.3) is 0 Å². The van der Waals surface area contributed by atoms with Crippen molar-refractivity contribution in [1.82, 2.24) is 9.88 Å². The van der Waals surface area contributed by atoms with Crippen LogP contribution in [0.2, 0.25) is 0 Å². The molecule has 0 radical (unpaired) electrons. The van der Waals surface area contributed by atoms with Gasteiger partial charge in [-0.1, -0.05) is 12.1 Å². The molecule has 1 aromatic carbocycles. The minimum Gasteiger partial charge on any atom is -0.508 e. The first-order chi connectivity index (χ1) is 11.5. The molecule has 2 aromatic rings. The minimum absolute atomic E-state index is 0.117. The lowest BCUT2D eigenvalue weighted by Gasteiger charge is -2.17. The molecule has 128 valence electrons. The Balaban J connectivity index is 2.03. The van der Waals surface area contributed by atoms with Crippen molar-refractivity contribution in [3.8, 4) is 5.75 Å². The number of nitrogens with zero attached hydrogens (tertiary/aromatic N) is 2. The smallest absolute Gasteiger partial charge is 0.328 e. The second-order valence-electron chi connectivity index (χ2n) is 5.49. The molecule has 1 atom stereocenters. The van der Waals surface area contributed by atoms with Crippen molar-refractivity contribution in [2.75, 3.05) is 6.61 Å².